The Labute approximate surface area is 175 Å². The number of aromatic nitrogens is 3. The van der Waals surface area contributed by atoms with E-state index in [1.54, 1.807) is 47.6 Å². The highest BCUT2D eigenvalue weighted by atomic mass is 35.5. The van der Waals surface area contributed by atoms with Crippen LogP contribution in [0.25, 0.3) is 5.69 Å². The van der Waals surface area contributed by atoms with Crippen LogP contribution < -0.4 is 4.74 Å². The predicted molar refractivity (Wildman–Crippen MR) is 111 cm³/mol. The first-order chi connectivity index (χ1) is 13.7. The Balaban J connectivity index is 1.59. The number of benzene rings is 2. The highest BCUT2D eigenvalue weighted by molar-refractivity contribution is 7.98. The van der Waals surface area contributed by atoms with E-state index < -0.39 is 0 Å². The van der Waals surface area contributed by atoms with Gasteiger partial charge in [0.25, 0.3) is 0 Å². The number of hydrogen-bond acceptors (Lipinski definition) is 5. The van der Waals surface area contributed by atoms with Crippen molar-refractivity contribution in [2.45, 2.75) is 17.5 Å². The fraction of sp³-hybridized carbons (Fsp3) is 0.100. The summed E-state index contributed by atoms with van der Waals surface area (Å²) >= 11 is 9.27. The van der Waals surface area contributed by atoms with Gasteiger partial charge in [0.15, 0.2) is 5.16 Å². The summed E-state index contributed by atoms with van der Waals surface area (Å²) in [5, 5.41) is 4.52. The molecule has 142 valence electrons. The van der Waals surface area contributed by atoms with Gasteiger partial charge in [-0.1, -0.05) is 23.4 Å². The third-order valence-electron chi connectivity index (χ3n) is 3.90. The van der Waals surface area contributed by atoms with Gasteiger partial charge < -0.3 is 4.74 Å². The molecule has 0 radical (unpaired) electrons. The van der Waals surface area contributed by atoms with Gasteiger partial charge in [-0.2, -0.15) is 0 Å². The first kappa shape index (κ1) is 19.0. The van der Waals surface area contributed by atoms with Crippen LogP contribution in [0.15, 0.2) is 71.5 Å². The number of thiazole rings is 1. The molecule has 0 aliphatic carbocycles. The monoisotopic (exact) mass is 431 g/mol. The molecule has 0 atom stereocenters. The second kappa shape index (κ2) is 8.77. The van der Waals surface area contributed by atoms with E-state index in [-0.39, 0.29) is 5.82 Å². The molecule has 0 saturated carbocycles. The summed E-state index contributed by atoms with van der Waals surface area (Å²) in [5.74, 6) is 1.04. The van der Waals surface area contributed by atoms with E-state index in [2.05, 4.69) is 9.97 Å². The maximum Gasteiger partial charge on any atom is 0.173 e. The Bertz CT molecular complexity index is 1030. The molecule has 2 heterocycles. The zero-order valence-corrected chi connectivity index (χ0v) is 17.0. The third-order valence-corrected chi connectivity index (χ3v) is 6.07. The smallest absolute Gasteiger partial charge is 0.173 e. The molecule has 0 aliphatic heterocycles. The van der Waals surface area contributed by atoms with Gasteiger partial charge in [-0.05, 0) is 48.5 Å². The van der Waals surface area contributed by atoms with Crippen molar-refractivity contribution in [3.05, 3.63) is 87.8 Å². The molecule has 0 amide bonds. The number of imidazole rings is 1. The second-order valence-electron chi connectivity index (χ2n) is 5.80. The van der Waals surface area contributed by atoms with E-state index in [9.17, 15) is 4.39 Å². The van der Waals surface area contributed by atoms with E-state index in [0.29, 0.717) is 17.4 Å². The largest absolute Gasteiger partial charge is 0.487 e. The van der Waals surface area contributed by atoms with Crippen LogP contribution in [-0.4, -0.2) is 14.5 Å². The zero-order chi connectivity index (χ0) is 19.3. The number of halogens is 2. The lowest BCUT2D eigenvalue weighted by Crippen LogP contribution is -2.05. The lowest BCUT2D eigenvalue weighted by atomic mass is 10.3. The van der Waals surface area contributed by atoms with Crippen LogP contribution in [0.4, 0.5) is 4.39 Å². The van der Waals surface area contributed by atoms with E-state index in [4.69, 9.17) is 16.3 Å². The van der Waals surface area contributed by atoms with Gasteiger partial charge >= 0.3 is 0 Å². The maximum atomic E-state index is 13.1. The molecular formula is C20H15ClFN3OS2. The summed E-state index contributed by atoms with van der Waals surface area (Å²) < 4.78 is 20.9. The number of nitrogens with zero attached hydrogens (tertiary/aromatic N) is 3. The van der Waals surface area contributed by atoms with E-state index in [0.717, 1.165) is 27.3 Å². The minimum atomic E-state index is -0.292. The van der Waals surface area contributed by atoms with Crippen molar-refractivity contribution in [3.8, 4) is 11.4 Å². The molecule has 28 heavy (non-hydrogen) atoms. The SMILES string of the molecule is Fc1ccc(OCc2cnc(SCc3nccs3)n2-c2ccc(Cl)cc2)cc1. The van der Waals surface area contributed by atoms with Crippen LogP contribution in [0.1, 0.15) is 10.7 Å². The molecule has 0 saturated heterocycles. The van der Waals surface area contributed by atoms with Gasteiger partial charge in [-0.15, -0.1) is 11.3 Å². The van der Waals surface area contributed by atoms with Crippen LogP contribution in [0, 0.1) is 5.82 Å². The van der Waals surface area contributed by atoms with E-state index >= 15 is 0 Å². The van der Waals surface area contributed by atoms with Gasteiger partial charge in [-0.3, -0.25) is 4.57 Å². The number of ether oxygens (including phenoxy) is 1. The quantitative estimate of drug-likeness (QED) is 0.337. The normalized spacial score (nSPS) is 10.9. The summed E-state index contributed by atoms with van der Waals surface area (Å²) in [4.78, 5) is 8.89. The Kier molecular flexibility index (Phi) is 5.95. The van der Waals surface area contributed by atoms with Crippen LogP contribution in [0.5, 0.6) is 5.75 Å². The molecular weight excluding hydrogens is 417 g/mol. The van der Waals surface area contributed by atoms with Crippen molar-refractivity contribution in [1.82, 2.24) is 14.5 Å². The number of rotatable bonds is 7. The van der Waals surface area contributed by atoms with Crippen molar-refractivity contribution in [2.75, 3.05) is 0 Å². The van der Waals surface area contributed by atoms with Crippen molar-refractivity contribution in [3.63, 3.8) is 0 Å². The molecule has 0 fully saturated rings. The fourth-order valence-electron chi connectivity index (χ4n) is 2.58. The van der Waals surface area contributed by atoms with Gasteiger partial charge in [0.2, 0.25) is 0 Å². The zero-order valence-electron chi connectivity index (χ0n) is 14.6. The van der Waals surface area contributed by atoms with Crippen LogP contribution in [0.2, 0.25) is 5.02 Å². The van der Waals surface area contributed by atoms with Crippen LogP contribution >= 0.6 is 34.7 Å². The fourth-order valence-corrected chi connectivity index (χ4v) is 4.36. The highest BCUT2D eigenvalue weighted by Crippen LogP contribution is 2.28. The molecule has 8 heteroatoms. The molecule has 0 spiro atoms. The topological polar surface area (TPSA) is 39.9 Å². The first-order valence-corrected chi connectivity index (χ1v) is 10.7. The minimum absolute atomic E-state index is 0.292. The molecule has 0 aliphatic rings. The Hall–Kier alpha value is -2.35. The van der Waals surface area contributed by atoms with E-state index in [1.807, 2.05) is 34.2 Å². The van der Waals surface area contributed by atoms with Gasteiger partial charge in [0.05, 0.1) is 17.6 Å². The second-order valence-corrected chi connectivity index (χ2v) is 8.16. The molecule has 4 rings (SSSR count). The Morgan fingerprint density at radius 2 is 1.86 bits per heavy atom. The summed E-state index contributed by atoms with van der Waals surface area (Å²) in [5.41, 5.74) is 1.83. The summed E-state index contributed by atoms with van der Waals surface area (Å²) in [6.07, 6.45) is 3.59. The van der Waals surface area contributed by atoms with Crippen molar-refractivity contribution >= 4 is 34.7 Å². The summed E-state index contributed by atoms with van der Waals surface area (Å²) in [6, 6.07) is 13.5. The molecule has 2 aromatic carbocycles. The predicted octanol–water partition coefficient (Wildman–Crippen LogP) is 5.99. The Morgan fingerprint density at radius 3 is 2.57 bits per heavy atom. The van der Waals surface area contributed by atoms with Crippen molar-refractivity contribution < 1.29 is 9.13 Å². The van der Waals surface area contributed by atoms with Gasteiger partial charge in [0.1, 0.15) is 23.2 Å². The third kappa shape index (κ3) is 4.55. The summed E-state index contributed by atoms with van der Waals surface area (Å²) in [7, 11) is 0. The van der Waals surface area contributed by atoms with Crippen molar-refractivity contribution in [1.29, 1.82) is 0 Å². The first-order valence-electron chi connectivity index (χ1n) is 8.41. The number of hydrogen-bond donors (Lipinski definition) is 0. The lowest BCUT2D eigenvalue weighted by Gasteiger charge is -2.13. The molecule has 4 nitrogen and oxygen atoms in total. The van der Waals surface area contributed by atoms with Crippen LogP contribution in [0.3, 0.4) is 0 Å². The highest BCUT2D eigenvalue weighted by Gasteiger charge is 2.14. The molecule has 2 aromatic heterocycles. The average molecular weight is 432 g/mol. The average Bonchev–Trinajstić information content (AvgIpc) is 3.36. The number of thioether (sulfide) groups is 1. The maximum absolute atomic E-state index is 13.1. The van der Waals surface area contributed by atoms with Gasteiger partial charge in [-0.25, -0.2) is 14.4 Å². The molecule has 4 aromatic rings. The molecule has 0 N–H and O–H groups in total. The minimum Gasteiger partial charge on any atom is -0.487 e. The van der Waals surface area contributed by atoms with Gasteiger partial charge in [0, 0.05) is 22.3 Å². The van der Waals surface area contributed by atoms with Crippen molar-refractivity contribution in [2.24, 2.45) is 0 Å². The van der Waals surface area contributed by atoms with Crippen LogP contribution in [-0.2, 0) is 12.4 Å². The van der Waals surface area contributed by atoms with E-state index in [1.165, 1.54) is 12.1 Å². The lowest BCUT2D eigenvalue weighted by molar-refractivity contribution is 0.298. The molecule has 0 bridgehead atoms. The standard InChI is InChI=1S/C20H15ClFN3OS2/c21-14-1-5-16(6-2-14)25-17(12-26-18-7-3-15(22)4-8-18)11-24-20(25)28-13-19-23-9-10-27-19/h1-11H,12-13H2. The summed E-state index contributed by atoms with van der Waals surface area (Å²) in [6.45, 7) is 0.305. The Morgan fingerprint density at radius 1 is 1.07 bits per heavy atom. The molecule has 0 unspecified atom stereocenters.